The first-order valence-electron chi connectivity index (χ1n) is 6.13. The third kappa shape index (κ3) is 2.11. The molecule has 3 rings (SSSR count). The molecule has 0 radical (unpaired) electrons. The van der Waals surface area contributed by atoms with Gasteiger partial charge >= 0.3 is 0 Å². The topological polar surface area (TPSA) is 38.2 Å². The number of nitrogens with zero attached hydrogens (tertiary/aromatic N) is 3. The molecule has 2 heterocycles. The zero-order valence-electron chi connectivity index (χ0n) is 9.90. The number of fused-ring (bicyclic) bond motifs is 1. The van der Waals surface area contributed by atoms with Gasteiger partial charge in [-0.25, -0.2) is 9.97 Å². The fourth-order valence-electron chi connectivity index (χ4n) is 2.87. The number of halogens is 1. The molecule has 1 aliphatic carbocycles. The second-order valence-corrected chi connectivity index (χ2v) is 5.08. The number of rotatable bonds is 1. The first-order chi connectivity index (χ1) is 8.24. The summed E-state index contributed by atoms with van der Waals surface area (Å²) >= 11 is 6.00. The van der Waals surface area contributed by atoms with E-state index in [2.05, 4.69) is 14.9 Å². The smallest absolute Gasteiger partial charge is 0.134 e. The molecule has 2 fully saturated rings. The fourth-order valence-corrected chi connectivity index (χ4v) is 3.09. The molecule has 2 aliphatic rings. The minimum absolute atomic E-state index is 0.373. The SMILES string of the molecule is Cc1nc(Cl)cc(N2CCOC3CCCC32)n1. The quantitative estimate of drug-likeness (QED) is 0.720. The summed E-state index contributed by atoms with van der Waals surface area (Å²) in [4.78, 5) is 10.9. The maximum Gasteiger partial charge on any atom is 0.134 e. The van der Waals surface area contributed by atoms with E-state index in [9.17, 15) is 0 Å². The van der Waals surface area contributed by atoms with Crippen LogP contribution in [0.1, 0.15) is 25.1 Å². The molecule has 5 heteroatoms. The van der Waals surface area contributed by atoms with Crippen LogP contribution < -0.4 is 4.90 Å². The number of anilines is 1. The second kappa shape index (κ2) is 4.42. The molecular formula is C12H16ClN3O. The van der Waals surface area contributed by atoms with Crippen molar-refractivity contribution in [3.05, 3.63) is 17.0 Å². The minimum atomic E-state index is 0.373. The van der Waals surface area contributed by atoms with Crippen LogP contribution in [0, 0.1) is 6.92 Å². The Balaban J connectivity index is 1.91. The van der Waals surface area contributed by atoms with Crippen molar-refractivity contribution in [3.8, 4) is 0 Å². The maximum atomic E-state index is 6.00. The Kier molecular flexibility index (Phi) is 2.92. The standard InChI is InChI=1S/C12H16ClN3O/c1-8-14-11(13)7-12(15-8)16-5-6-17-10-4-2-3-9(10)16/h7,9-10H,2-6H2,1H3. The van der Waals surface area contributed by atoms with Crippen LogP contribution in [0.15, 0.2) is 6.07 Å². The van der Waals surface area contributed by atoms with Crippen LogP contribution in [0.25, 0.3) is 0 Å². The third-order valence-corrected chi connectivity index (χ3v) is 3.76. The Morgan fingerprint density at radius 3 is 3.12 bits per heavy atom. The highest BCUT2D eigenvalue weighted by atomic mass is 35.5. The number of aromatic nitrogens is 2. The van der Waals surface area contributed by atoms with Gasteiger partial charge in [0.1, 0.15) is 16.8 Å². The van der Waals surface area contributed by atoms with Crippen LogP contribution in [0.3, 0.4) is 0 Å². The predicted octanol–water partition coefficient (Wildman–Crippen LogP) is 2.20. The van der Waals surface area contributed by atoms with Crippen LogP contribution >= 0.6 is 11.6 Å². The number of hydrogen-bond acceptors (Lipinski definition) is 4. The molecule has 0 spiro atoms. The predicted molar refractivity (Wildman–Crippen MR) is 66.5 cm³/mol. The van der Waals surface area contributed by atoms with Gasteiger partial charge in [0.05, 0.1) is 18.8 Å². The lowest BCUT2D eigenvalue weighted by atomic mass is 10.1. The second-order valence-electron chi connectivity index (χ2n) is 4.70. The van der Waals surface area contributed by atoms with Crippen molar-refractivity contribution >= 4 is 17.4 Å². The van der Waals surface area contributed by atoms with Crippen molar-refractivity contribution in [2.24, 2.45) is 0 Å². The van der Waals surface area contributed by atoms with E-state index in [1.165, 1.54) is 19.3 Å². The van der Waals surface area contributed by atoms with Crippen molar-refractivity contribution in [1.29, 1.82) is 0 Å². The summed E-state index contributed by atoms with van der Waals surface area (Å²) in [7, 11) is 0. The minimum Gasteiger partial charge on any atom is -0.374 e. The Labute approximate surface area is 106 Å². The summed E-state index contributed by atoms with van der Waals surface area (Å²) in [6, 6.07) is 2.32. The van der Waals surface area contributed by atoms with Crippen LogP contribution in [0.5, 0.6) is 0 Å². The van der Waals surface area contributed by atoms with Crippen molar-refractivity contribution in [2.45, 2.75) is 38.3 Å². The van der Waals surface area contributed by atoms with Gasteiger partial charge in [0.25, 0.3) is 0 Å². The molecule has 0 aromatic carbocycles. The highest BCUT2D eigenvalue weighted by Crippen LogP contribution is 2.32. The molecule has 2 atom stereocenters. The molecule has 0 N–H and O–H groups in total. The zero-order chi connectivity index (χ0) is 11.8. The summed E-state index contributed by atoms with van der Waals surface area (Å²) in [6.45, 7) is 3.55. The Morgan fingerprint density at radius 2 is 2.29 bits per heavy atom. The average molecular weight is 254 g/mol. The van der Waals surface area contributed by atoms with Crippen molar-refractivity contribution < 1.29 is 4.74 Å². The van der Waals surface area contributed by atoms with Gasteiger partial charge in [-0.1, -0.05) is 11.6 Å². The summed E-state index contributed by atoms with van der Waals surface area (Å²) in [5, 5.41) is 0.522. The van der Waals surface area contributed by atoms with Gasteiger partial charge < -0.3 is 9.64 Å². The molecule has 1 saturated heterocycles. The lowest BCUT2D eigenvalue weighted by molar-refractivity contribution is 0.0253. The van der Waals surface area contributed by atoms with E-state index in [0.717, 1.165) is 24.8 Å². The molecular weight excluding hydrogens is 238 g/mol. The molecule has 17 heavy (non-hydrogen) atoms. The Morgan fingerprint density at radius 1 is 1.41 bits per heavy atom. The molecule has 4 nitrogen and oxygen atoms in total. The molecule has 1 aromatic heterocycles. The monoisotopic (exact) mass is 253 g/mol. The van der Waals surface area contributed by atoms with Crippen LogP contribution in [-0.4, -0.2) is 35.3 Å². The third-order valence-electron chi connectivity index (χ3n) is 3.57. The first-order valence-corrected chi connectivity index (χ1v) is 6.51. The maximum absolute atomic E-state index is 6.00. The van der Waals surface area contributed by atoms with Crippen LogP contribution in [0.4, 0.5) is 5.82 Å². The molecule has 0 bridgehead atoms. The highest BCUT2D eigenvalue weighted by Gasteiger charge is 2.36. The molecule has 1 aliphatic heterocycles. The summed E-state index contributed by atoms with van der Waals surface area (Å²) < 4.78 is 5.80. The summed E-state index contributed by atoms with van der Waals surface area (Å²) in [5.74, 6) is 1.68. The van der Waals surface area contributed by atoms with Crippen molar-refractivity contribution in [2.75, 3.05) is 18.1 Å². The van der Waals surface area contributed by atoms with E-state index in [4.69, 9.17) is 16.3 Å². The van der Waals surface area contributed by atoms with Gasteiger partial charge in [0, 0.05) is 12.6 Å². The van der Waals surface area contributed by atoms with Gasteiger partial charge in [-0.15, -0.1) is 0 Å². The van der Waals surface area contributed by atoms with E-state index in [1.54, 1.807) is 0 Å². The first kappa shape index (κ1) is 11.2. The van der Waals surface area contributed by atoms with Gasteiger partial charge in [-0.05, 0) is 26.2 Å². The Bertz CT molecular complexity index is 406. The number of aryl methyl sites for hydroxylation is 1. The van der Waals surface area contributed by atoms with Crippen molar-refractivity contribution in [1.82, 2.24) is 9.97 Å². The molecule has 2 unspecified atom stereocenters. The molecule has 0 amide bonds. The average Bonchev–Trinajstić information content (AvgIpc) is 2.75. The fraction of sp³-hybridized carbons (Fsp3) is 0.667. The number of morpholine rings is 1. The number of hydrogen-bond donors (Lipinski definition) is 0. The zero-order valence-corrected chi connectivity index (χ0v) is 10.7. The van der Waals surface area contributed by atoms with E-state index < -0.39 is 0 Å². The number of ether oxygens (including phenoxy) is 1. The van der Waals surface area contributed by atoms with Gasteiger partial charge in [0.15, 0.2) is 0 Å². The van der Waals surface area contributed by atoms with Gasteiger partial charge in [-0.2, -0.15) is 0 Å². The lowest BCUT2D eigenvalue weighted by Crippen LogP contribution is -2.49. The van der Waals surface area contributed by atoms with E-state index >= 15 is 0 Å². The summed E-state index contributed by atoms with van der Waals surface area (Å²) in [5.41, 5.74) is 0. The lowest BCUT2D eigenvalue weighted by Gasteiger charge is -2.38. The highest BCUT2D eigenvalue weighted by molar-refractivity contribution is 6.29. The van der Waals surface area contributed by atoms with Gasteiger partial charge in [-0.3, -0.25) is 0 Å². The normalized spacial score (nSPS) is 28.2. The van der Waals surface area contributed by atoms with E-state index in [0.29, 0.717) is 17.3 Å². The summed E-state index contributed by atoms with van der Waals surface area (Å²) in [6.07, 6.45) is 3.96. The Hall–Kier alpha value is -0.870. The van der Waals surface area contributed by atoms with E-state index in [1.807, 2.05) is 13.0 Å². The molecule has 1 saturated carbocycles. The van der Waals surface area contributed by atoms with Gasteiger partial charge in [0.2, 0.25) is 0 Å². The molecule has 1 aromatic rings. The molecule has 92 valence electrons. The van der Waals surface area contributed by atoms with Crippen molar-refractivity contribution in [3.63, 3.8) is 0 Å². The van der Waals surface area contributed by atoms with E-state index in [-0.39, 0.29) is 0 Å². The van der Waals surface area contributed by atoms with Crippen LogP contribution in [0.2, 0.25) is 5.15 Å². The largest absolute Gasteiger partial charge is 0.374 e. The van der Waals surface area contributed by atoms with Crippen LogP contribution in [-0.2, 0) is 4.74 Å².